The molecule has 1 fully saturated rings. The quantitative estimate of drug-likeness (QED) is 0.678. The lowest BCUT2D eigenvalue weighted by Crippen LogP contribution is -2.51. The SMILES string of the molecule is CCOC(=O)N1CCN(C(=O)COC(=O)c2ccccc2Oc2ccccc2)CC1. The molecule has 0 spiro atoms. The summed E-state index contributed by atoms with van der Waals surface area (Å²) in [6.45, 7) is 3.17. The summed E-state index contributed by atoms with van der Waals surface area (Å²) in [5.41, 5.74) is 0.237. The van der Waals surface area contributed by atoms with Gasteiger partial charge in [-0.2, -0.15) is 0 Å². The number of esters is 1. The lowest BCUT2D eigenvalue weighted by atomic mass is 10.2. The summed E-state index contributed by atoms with van der Waals surface area (Å²) in [4.78, 5) is 39.8. The third-order valence-corrected chi connectivity index (χ3v) is 4.56. The summed E-state index contributed by atoms with van der Waals surface area (Å²) >= 11 is 0. The summed E-state index contributed by atoms with van der Waals surface area (Å²) in [5.74, 6) is -0.00847. The molecule has 1 aliphatic heterocycles. The van der Waals surface area contributed by atoms with Gasteiger partial charge < -0.3 is 24.0 Å². The number of benzene rings is 2. The molecule has 0 radical (unpaired) electrons. The summed E-state index contributed by atoms with van der Waals surface area (Å²) in [6, 6.07) is 15.8. The lowest BCUT2D eigenvalue weighted by molar-refractivity contribution is -0.136. The Bertz CT molecular complexity index is 878. The summed E-state index contributed by atoms with van der Waals surface area (Å²) in [6.07, 6.45) is -0.383. The van der Waals surface area contributed by atoms with Crippen LogP contribution in [0.4, 0.5) is 4.79 Å². The number of hydrogen-bond donors (Lipinski definition) is 0. The van der Waals surface area contributed by atoms with Crippen molar-refractivity contribution in [3.8, 4) is 11.5 Å². The molecule has 0 unspecified atom stereocenters. The molecule has 2 aromatic rings. The van der Waals surface area contributed by atoms with Gasteiger partial charge >= 0.3 is 12.1 Å². The molecule has 30 heavy (non-hydrogen) atoms. The number of carbonyl (C=O) groups is 3. The van der Waals surface area contributed by atoms with Crippen molar-refractivity contribution in [1.29, 1.82) is 0 Å². The van der Waals surface area contributed by atoms with Gasteiger partial charge in [0.1, 0.15) is 17.1 Å². The number of ether oxygens (including phenoxy) is 3. The molecule has 158 valence electrons. The van der Waals surface area contributed by atoms with Crippen LogP contribution in [0.25, 0.3) is 0 Å². The highest BCUT2D eigenvalue weighted by atomic mass is 16.6. The highest BCUT2D eigenvalue weighted by molar-refractivity contribution is 5.94. The van der Waals surface area contributed by atoms with Crippen molar-refractivity contribution in [3.63, 3.8) is 0 Å². The standard InChI is InChI=1S/C22H24N2O6/c1-2-28-22(27)24-14-12-23(13-15-24)20(25)16-29-21(26)18-10-6-7-11-19(18)30-17-8-4-3-5-9-17/h3-11H,2,12-16H2,1H3. The first-order valence-electron chi connectivity index (χ1n) is 9.77. The first-order chi connectivity index (χ1) is 14.6. The van der Waals surface area contributed by atoms with Crippen LogP contribution in [0.5, 0.6) is 11.5 Å². The van der Waals surface area contributed by atoms with Gasteiger partial charge in [0.25, 0.3) is 5.91 Å². The zero-order valence-corrected chi connectivity index (χ0v) is 16.8. The molecular formula is C22H24N2O6. The van der Waals surface area contributed by atoms with E-state index in [0.29, 0.717) is 44.3 Å². The van der Waals surface area contributed by atoms with Crippen molar-refractivity contribution in [1.82, 2.24) is 9.80 Å². The molecule has 0 aromatic heterocycles. The van der Waals surface area contributed by atoms with E-state index < -0.39 is 5.97 Å². The van der Waals surface area contributed by atoms with Crippen LogP contribution in [0.2, 0.25) is 0 Å². The minimum Gasteiger partial charge on any atom is -0.456 e. The molecular weight excluding hydrogens is 388 g/mol. The first kappa shape index (κ1) is 21.2. The Morgan fingerprint density at radius 3 is 2.17 bits per heavy atom. The molecule has 1 aliphatic rings. The summed E-state index contributed by atoms with van der Waals surface area (Å²) in [5, 5.41) is 0. The predicted octanol–water partition coefficient (Wildman–Crippen LogP) is 2.94. The molecule has 8 heteroatoms. The third kappa shape index (κ3) is 5.50. The van der Waals surface area contributed by atoms with Gasteiger partial charge in [-0.15, -0.1) is 0 Å². The van der Waals surface area contributed by atoms with Gasteiger partial charge in [-0.05, 0) is 31.2 Å². The number of piperazine rings is 1. The molecule has 2 aromatic carbocycles. The van der Waals surface area contributed by atoms with E-state index >= 15 is 0 Å². The van der Waals surface area contributed by atoms with Crippen LogP contribution in [0.15, 0.2) is 54.6 Å². The van der Waals surface area contributed by atoms with Crippen LogP contribution in [-0.2, 0) is 14.3 Å². The Balaban J connectivity index is 1.52. The van der Waals surface area contributed by atoms with Crippen LogP contribution in [0, 0.1) is 0 Å². The van der Waals surface area contributed by atoms with Crippen molar-refractivity contribution < 1.29 is 28.6 Å². The summed E-state index contributed by atoms with van der Waals surface area (Å²) in [7, 11) is 0. The Hall–Kier alpha value is -3.55. The van der Waals surface area contributed by atoms with Gasteiger partial charge in [0.05, 0.1) is 6.61 Å². The van der Waals surface area contributed by atoms with Crippen molar-refractivity contribution in [3.05, 3.63) is 60.2 Å². The lowest BCUT2D eigenvalue weighted by Gasteiger charge is -2.33. The maximum absolute atomic E-state index is 12.5. The molecule has 2 amide bonds. The van der Waals surface area contributed by atoms with E-state index in [1.54, 1.807) is 53.1 Å². The van der Waals surface area contributed by atoms with E-state index in [9.17, 15) is 14.4 Å². The van der Waals surface area contributed by atoms with Crippen molar-refractivity contribution >= 4 is 18.0 Å². The summed E-state index contributed by atoms with van der Waals surface area (Å²) < 4.78 is 15.9. The van der Waals surface area contributed by atoms with E-state index in [-0.39, 0.29) is 24.2 Å². The fraction of sp³-hybridized carbons (Fsp3) is 0.318. The maximum atomic E-state index is 12.5. The number of nitrogens with zero attached hydrogens (tertiary/aromatic N) is 2. The highest BCUT2D eigenvalue weighted by Crippen LogP contribution is 2.25. The van der Waals surface area contributed by atoms with Crippen LogP contribution in [0.1, 0.15) is 17.3 Å². The van der Waals surface area contributed by atoms with Crippen LogP contribution < -0.4 is 4.74 Å². The van der Waals surface area contributed by atoms with Gasteiger partial charge in [-0.25, -0.2) is 9.59 Å². The topological polar surface area (TPSA) is 85.4 Å². The first-order valence-corrected chi connectivity index (χ1v) is 9.77. The largest absolute Gasteiger partial charge is 0.456 e. The van der Waals surface area contributed by atoms with Crippen molar-refractivity contribution in [2.24, 2.45) is 0 Å². The fourth-order valence-electron chi connectivity index (χ4n) is 2.99. The van der Waals surface area contributed by atoms with Gasteiger partial charge in [0.2, 0.25) is 0 Å². The molecule has 0 atom stereocenters. The molecule has 8 nitrogen and oxygen atoms in total. The number of para-hydroxylation sites is 2. The van der Waals surface area contributed by atoms with Crippen molar-refractivity contribution in [2.45, 2.75) is 6.92 Å². The Kier molecular flexibility index (Phi) is 7.26. The van der Waals surface area contributed by atoms with Gasteiger partial charge in [0, 0.05) is 26.2 Å². The van der Waals surface area contributed by atoms with Gasteiger partial charge in [0.15, 0.2) is 6.61 Å². The highest BCUT2D eigenvalue weighted by Gasteiger charge is 2.25. The Morgan fingerprint density at radius 2 is 1.47 bits per heavy atom. The number of hydrogen-bond acceptors (Lipinski definition) is 6. The molecule has 1 heterocycles. The van der Waals surface area contributed by atoms with Crippen LogP contribution >= 0.6 is 0 Å². The second-order valence-corrected chi connectivity index (χ2v) is 6.55. The van der Waals surface area contributed by atoms with Crippen LogP contribution in [-0.4, -0.2) is 67.2 Å². The number of carbonyl (C=O) groups excluding carboxylic acids is 3. The molecule has 0 aliphatic carbocycles. The van der Waals surface area contributed by atoms with Gasteiger partial charge in [-0.1, -0.05) is 30.3 Å². The van der Waals surface area contributed by atoms with E-state index in [2.05, 4.69) is 0 Å². The molecule has 1 saturated heterocycles. The fourth-order valence-corrected chi connectivity index (χ4v) is 2.99. The number of rotatable bonds is 6. The maximum Gasteiger partial charge on any atom is 0.409 e. The normalized spacial score (nSPS) is 13.5. The van der Waals surface area contributed by atoms with Crippen molar-refractivity contribution in [2.75, 3.05) is 39.4 Å². The average molecular weight is 412 g/mol. The Morgan fingerprint density at radius 1 is 0.833 bits per heavy atom. The zero-order chi connectivity index (χ0) is 21.3. The predicted molar refractivity (Wildman–Crippen MR) is 108 cm³/mol. The molecule has 0 saturated carbocycles. The second kappa shape index (κ2) is 10.3. The minimum absolute atomic E-state index is 0.237. The van der Waals surface area contributed by atoms with E-state index in [0.717, 1.165) is 0 Å². The molecule has 0 bridgehead atoms. The van der Waals surface area contributed by atoms with Gasteiger partial charge in [-0.3, -0.25) is 4.79 Å². The average Bonchev–Trinajstić information content (AvgIpc) is 2.78. The second-order valence-electron chi connectivity index (χ2n) is 6.55. The molecule has 0 N–H and O–H groups in total. The monoisotopic (exact) mass is 412 g/mol. The number of amides is 2. The third-order valence-electron chi connectivity index (χ3n) is 4.56. The smallest absolute Gasteiger partial charge is 0.409 e. The van der Waals surface area contributed by atoms with E-state index in [1.165, 1.54) is 0 Å². The Labute approximate surface area is 174 Å². The van der Waals surface area contributed by atoms with E-state index in [4.69, 9.17) is 14.2 Å². The zero-order valence-electron chi connectivity index (χ0n) is 16.8. The van der Waals surface area contributed by atoms with E-state index in [1.807, 2.05) is 18.2 Å². The van der Waals surface area contributed by atoms with Crippen LogP contribution in [0.3, 0.4) is 0 Å². The molecule has 3 rings (SSSR count). The minimum atomic E-state index is -0.639.